The molecular formula is C29H36N2O10. The molecule has 12 nitrogen and oxygen atoms in total. The van der Waals surface area contributed by atoms with Crippen molar-refractivity contribution in [1.29, 1.82) is 0 Å². The summed E-state index contributed by atoms with van der Waals surface area (Å²) in [5.74, 6) is -2.49. The molecule has 0 spiro atoms. The minimum atomic E-state index is -1.16. The number of benzene rings is 2. The first-order chi connectivity index (χ1) is 19.8. The van der Waals surface area contributed by atoms with Crippen LogP contribution < -0.4 is 10.6 Å². The lowest BCUT2D eigenvalue weighted by Crippen LogP contribution is -2.45. The second-order valence-electron chi connectivity index (χ2n) is 9.25. The molecule has 0 aliphatic carbocycles. The molecule has 2 amide bonds. The van der Waals surface area contributed by atoms with Crippen LogP contribution in [0.3, 0.4) is 0 Å². The number of hydrogen-bond acceptors (Lipinski definition) is 10. The molecule has 0 radical (unpaired) electrons. The van der Waals surface area contributed by atoms with Gasteiger partial charge in [-0.25, -0.2) is 19.2 Å². The Labute approximate surface area is 238 Å². The fraction of sp³-hybridized carbons (Fsp3) is 0.448. The maximum atomic E-state index is 12.4. The number of amides is 2. The molecule has 1 aliphatic heterocycles. The Morgan fingerprint density at radius 1 is 0.707 bits per heavy atom. The van der Waals surface area contributed by atoms with Gasteiger partial charge < -0.3 is 39.1 Å². The van der Waals surface area contributed by atoms with Gasteiger partial charge in [0.2, 0.25) is 0 Å². The second kappa shape index (κ2) is 16.2. The minimum Gasteiger partial charge on any atom is -0.467 e. The topological polar surface area (TPSA) is 148 Å². The first-order valence-electron chi connectivity index (χ1n) is 13.2. The van der Waals surface area contributed by atoms with Gasteiger partial charge in [0.15, 0.2) is 5.79 Å². The summed E-state index contributed by atoms with van der Waals surface area (Å²) in [5.41, 5.74) is 1.59. The van der Waals surface area contributed by atoms with Crippen LogP contribution in [-0.4, -0.2) is 69.4 Å². The number of ether oxygens (including phenoxy) is 6. The van der Waals surface area contributed by atoms with Gasteiger partial charge in [-0.15, -0.1) is 0 Å². The summed E-state index contributed by atoms with van der Waals surface area (Å²) in [6.45, 7) is 0.661. The van der Waals surface area contributed by atoms with E-state index in [0.717, 1.165) is 11.1 Å². The van der Waals surface area contributed by atoms with E-state index in [1.165, 1.54) is 14.2 Å². The van der Waals surface area contributed by atoms with E-state index >= 15 is 0 Å². The molecule has 1 aliphatic rings. The highest BCUT2D eigenvalue weighted by Gasteiger charge is 2.39. The van der Waals surface area contributed by atoms with Crippen LogP contribution in [0.5, 0.6) is 0 Å². The Bertz CT molecular complexity index is 1040. The third kappa shape index (κ3) is 10.4. The summed E-state index contributed by atoms with van der Waals surface area (Å²) in [6.07, 6.45) is -1.01. The van der Waals surface area contributed by atoms with Crippen molar-refractivity contribution in [2.45, 2.75) is 56.8 Å². The molecular weight excluding hydrogens is 536 g/mol. The molecule has 0 unspecified atom stereocenters. The largest absolute Gasteiger partial charge is 0.467 e. The van der Waals surface area contributed by atoms with Crippen LogP contribution in [0.15, 0.2) is 60.7 Å². The Kier molecular flexibility index (Phi) is 12.4. The van der Waals surface area contributed by atoms with E-state index in [-0.39, 0.29) is 38.9 Å². The number of methoxy groups -OCH3 is 2. The summed E-state index contributed by atoms with van der Waals surface area (Å²) in [6, 6.07) is 16.2. The zero-order valence-electron chi connectivity index (χ0n) is 23.2. The average Bonchev–Trinajstić information content (AvgIpc) is 3.48. The molecule has 2 aromatic carbocycles. The third-order valence-electron chi connectivity index (χ3n) is 6.42. The van der Waals surface area contributed by atoms with Gasteiger partial charge in [0.25, 0.3) is 0 Å². The lowest BCUT2D eigenvalue weighted by molar-refractivity contribution is -0.172. The maximum absolute atomic E-state index is 12.4. The van der Waals surface area contributed by atoms with Crippen molar-refractivity contribution >= 4 is 24.1 Å². The van der Waals surface area contributed by atoms with E-state index in [2.05, 4.69) is 10.6 Å². The van der Waals surface area contributed by atoms with Crippen molar-refractivity contribution in [1.82, 2.24) is 10.6 Å². The van der Waals surface area contributed by atoms with Gasteiger partial charge in [0.05, 0.1) is 27.4 Å². The third-order valence-corrected chi connectivity index (χ3v) is 6.42. The first-order valence-corrected chi connectivity index (χ1v) is 13.2. The number of nitrogens with one attached hydrogen (secondary N) is 2. The number of carbonyl (C=O) groups is 4. The fourth-order valence-corrected chi connectivity index (χ4v) is 4.24. The van der Waals surface area contributed by atoms with Gasteiger partial charge in [0.1, 0.15) is 25.3 Å². The molecule has 2 aromatic rings. The predicted molar refractivity (Wildman–Crippen MR) is 144 cm³/mol. The van der Waals surface area contributed by atoms with Crippen LogP contribution in [0.4, 0.5) is 9.59 Å². The standard InChI is InChI=1S/C29H36N2O10/c1-36-25(32)23(30-27(34)38-19-21-9-5-3-6-10-21)13-15-29(40-17-18-41-29)16-14-24(26(33)37-2)31-28(35)39-20-22-11-7-4-8-12-22/h3-12,23-24H,13-20H2,1-2H3,(H,30,34)(H,31,35)/t23-,24-/m1/s1. The van der Waals surface area contributed by atoms with Crippen molar-refractivity contribution in [2.24, 2.45) is 0 Å². The molecule has 0 saturated carbocycles. The zero-order valence-corrected chi connectivity index (χ0v) is 23.2. The van der Waals surface area contributed by atoms with E-state index in [1.807, 2.05) is 60.7 Å². The number of alkyl carbamates (subject to hydrolysis) is 2. The monoisotopic (exact) mass is 572 g/mol. The molecule has 2 atom stereocenters. The minimum absolute atomic E-state index is 0.0342. The summed E-state index contributed by atoms with van der Waals surface area (Å²) < 4.78 is 31.9. The molecule has 2 N–H and O–H groups in total. The van der Waals surface area contributed by atoms with E-state index in [4.69, 9.17) is 28.4 Å². The predicted octanol–water partition coefficient (Wildman–Crippen LogP) is 3.23. The van der Waals surface area contributed by atoms with E-state index < -0.39 is 42.0 Å². The molecule has 1 heterocycles. The van der Waals surface area contributed by atoms with Crippen LogP contribution in [0.25, 0.3) is 0 Å². The summed E-state index contributed by atoms with van der Waals surface area (Å²) >= 11 is 0. The first kappa shape index (κ1) is 31.4. The number of carbonyl (C=O) groups excluding carboxylic acids is 4. The van der Waals surface area contributed by atoms with Crippen molar-refractivity contribution in [3.05, 3.63) is 71.8 Å². The maximum Gasteiger partial charge on any atom is 0.408 e. The van der Waals surface area contributed by atoms with Crippen molar-refractivity contribution in [3.8, 4) is 0 Å². The molecule has 222 valence electrons. The molecule has 0 bridgehead atoms. The van der Waals surface area contributed by atoms with Crippen molar-refractivity contribution < 1.29 is 47.6 Å². The Morgan fingerprint density at radius 2 is 1.10 bits per heavy atom. The summed E-state index contributed by atoms with van der Waals surface area (Å²) in [7, 11) is 2.43. The summed E-state index contributed by atoms with van der Waals surface area (Å²) in [5, 5.41) is 5.06. The second-order valence-corrected chi connectivity index (χ2v) is 9.25. The zero-order chi connectivity index (χ0) is 29.5. The van der Waals surface area contributed by atoms with E-state index in [0.29, 0.717) is 13.2 Å². The molecule has 1 fully saturated rings. The van der Waals surface area contributed by atoms with Gasteiger partial charge in [-0.2, -0.15) is 0 Å². The highest BCUT2D eigenvalue weighted by Crippen LogP contribution is 2.31. The smallest absolute Gasteiger partial charge is 0.408 e. The SMILES string of the molecule is COC(=O)[C@@H](CCC1(CC[C@@H](NC(=O)OCc2ccccc2)C(=O)OC)OCCO1)NC(=O)OCc1ccccc1. The number of esters is 2. The van der Waals surface area contributed by atoms with Gasteiger partial charge in [0, 0.05) is 12.8 Å². The van der Waals surface area contributed by atoms with Gasteiger partial charge in [-0.1, -0.05) is 60.7 Å². The Hall–Kier alpha value is -4.16. The number of rotatable bonds is 14. The van der Waals surface area contributed by atoms with Gasteiger partial charge in [-0.3, -0.25) is 0 Å². The van der Waals surface area contributed by atoms with Crippen LogP contribution in [0.2, 0.25) is 0 Å². The quantitative estimate of drug-likeness (QED) is 0.255. The van der Waals surface area contributed by atoms with E-state index in [1.54, 1.807) is 0 Å². The van der Waals surface area contributed by atoms with Crippen LogP contribution in [0, 0.1) is 0 Å². The van der Waals surface area contributed by atoms with Crippen LogP contribution >= 0.6 is 0 Å². The molecule has 3 rings (SSSR count). The molecule has 1 saturated heterocycles. The van der Waals surface area contributed by atoms with Crippen LogP contribution in [0.1, 0.15) is 36.8 Å². The van der Waals surface area contributed by atoms with Gasteiger partial charge >= 0.3 is 24.1 Å². The Morgan fingerprint density at radius 3 is 1.46 bits per heavy atom. The fourth-order valence-electron chi connectivity index (χ4n) is 4.24. The average molecular weight is 573 g/mol. The van der Waals surface area contributed by atoms with Gasteiger partial charge in [-0.05, 0) is 24.0 Å². The van der Waals surface area contributed by atoms with Crippen LogP contribution in [-0.2, 0) is 51.2 Å². The normalized spacial score (nSPS) is 15.2. The molecule has 0 aromatic heterocycles. The van der Waals surface area contributed by atoms with Crippen molar-refractivity contribution in [2.75, 3.05) is 27.4 Å². The summed E-state index contributed by atoms with van der Waals surface area (Å²) in [4.78, 5) is 49.6. The van der Waals surface area contributed by atoms with E-state index in [9.17, 15) is 19.2 Å². The number of hydrogen-bond donors (Lipinski definition) is 2. The molecule has 41 heavy (non-hydrogen) atoms. The molecule has 12 heteroatoms. The lowest BCUT2D eigenvalue weighted by Gasteiger charge is -2.30. The highest BCUT2D eigenvalue weighted by atomic mass is 16.7. The van der Waals surface area contributed by atoms with Crippen molar-refractivity contribution in [3.63, 3.8) is 0 Å². The highest BCUT2D eigenvalue weighted by molar-refractivity contribution is 5.81. The lowest BCUT2D eigenvalue weighted by atomic mass is 9.98. The Balaban J connectivity index is 1.55.